The third-order valence-corrected chi connectivity index (χ3v) is 17.8. The lowest BCUT2D eigenvalue weighted by Gasteiger charge is -2.34. The lowest BCUT2D eigenvalue weighted by atomic mass is 9.80. The first-order chi connectivity index (χ1) is 39.9. The van der Waals surface area contributed by atoms with Crippen molar-refractivity contribution in [3.05, 3.63) is 295 Å². The monoisotopic (exact) mass is 1030 g/mol. The van der Waals surface area contributed by atoms with Crippen LogP contribution >= 0.6 is 0 Å². The molecule has 81 heavy (non-hydrogen) atoms. The van der Waals surface area contributed by atoms with Crippen molar-refractivity contribution < 1.29 is 0 Å². The van der Waals surface area contributed by atoms with Crippen LogP contribution in [-0.2, 0) is 5.41 Å². The van der Waals surface area contributed by atoms with Gasteiger partial charge in [-0.2, -0.15) is 0 Å². The third-order valence-electron chi connectivity index (χ3n) is 17.8. The van der Waals surface area contributed by atoms with Crippen LogP contribution in [0.15, 0.2) is 273 Å². The first kappa shape index (κ1) is 47.0. The molecule has 0 saturated carbocycles. The van der Waals surface area contributed by atoms with Crippen LogP contribution in [0.1, 0.15) is 31.4 Å². The number of rotatable bonds is 8. The van der Waals surface area contributed by atoms with Crippen LogP contribution in [0.25, 0.3) is 110 Å². The fourth-order valence-corrected chi connectivity index (χ4v) is 13.9. The van der Waals surface area contributed by atoms with Crippen LogP contribution in [0, 0.1) is 0 Å². The molecule has 0 saturated heterocycles. The third kappa shape index (κ3) is 7.70. The molecule has 0 radical (unpaired) electrons. The summed E-state index contributed by atoms with van der Waals surface area (Å²) < 4.78 is 0. The van der Waals surface area contributed by atoms with Gasteiger partial charge in [-0.25, -0.2) is 0 Å². The normalized spacial score (nSPS) is 14.2. The molecular weight excluding hydrogens is 977 g/mol. The Balaban J connectivity index is 1.01. The molecule has 2 aliphatic rings. The highest BCUT2D eigenvalue weighted by Gasteiger charge is 2.36. The Bertz CT molecular complexity index is 4880. The molecule has 2 aliphatic carbocycles. The summed E-state index contributed by atoms with van der Waals surface area (Å²) in [5, 5.41) is 17.2. The van der Waals surface area contributed by atoms with Gasteiger partial charge in [-0.15, -0.1) is 0 Å². The largest absolute Gasteiger partial charge is 0.334 e. The van der Waals surface area contributed by atoms with E-state index in [2.05, 4.69) is 309 Å². The van der Waals surface area contributed by atoms with Crippen LogP contribution < -0.4 is 20.2 Å². The van der Waals surface area contributed by atoms with Crippen LogP contribution in [0.5, 0.6) is 0 Å². The summed E-state index contributed by atoms with van der Waals surface area (Å²) in [6, 6.07) is 102. The first-order valence-electron chi connectivity index (χ1n) is 28.5. The molecule has 0 aromatic heterocycles. The minimum atomic E-state index is -0.185. The van der Waals surface area contributed by atoms with E-state index >= 15 is 0 Å². The van der Waals surface area contributed by atoms with Crippen molar-refractivity contribution in [2.75, 3.05) is 9.80 Å². The first-order valence-corrected chi connectivity index (χ1v) is 28.5. The van der Waals surface area contributed by atoms with Gasteiger partial charge >= 0.3 is 0 Å². The average Bonchev–Trinajstić information content (AvgIpc) is 4.00. The Hall–Kier alpha value is -10.0. The van der Waals surface area contributed by atoms with Crippen LogP contribution in [0.2, 0.25) is 0 Å². The minimum Gasteiger partial charge on any atom is -0.334 e. The van der Waals surface area contributed by atoms with Crippen molar-refractivity contribution in [2.45, 2.75) is 31.7 Å². The SMILES string of the molecule is CC1(C)c2ccccc2-c2ccc(-c3c4c(c(-c5cccc6ccccc56)c5ccc(N(c6ccc7ccccc7c6)c6ccc7ccccc7c6)cc35)=CC(N(c3ccc5ccccc5c3)c3ccc5ccccc5c3)CC=4)cc21. The Labute approximate surface area is 472 Å². The van der Waals surface area contributed by atoms with Gasteiger partial charge in [-0.05, 0) is 193 Å². The van der Waals surface area contributed by atoms with E-state index in [9.17, 15) is 0 Å². The van der Waals surface area contributed by atoms with Gasteiger partial charge in [0.2, 0.25) is 0 Å². The molecule has 0 aliphatic heterocycles. The van der Waals surface area contributed by atoms with Gasteiger partial charge in [0.1, 0.15) is 0 Å². The summed E-state index contributed by atoms with van der Waals surface area (Å²) >= 11 is 0. The standard InChI is InChI=1S/C79H56N2/c1-79(2)75-29-14-13-27-68(75)69-41-34-60(48-76(69)79)77-71-42-39-66(81(63-37-32-53-18-5-9-23-58(53)46-63)64-38-33-54-19-6-10-24-59(54)47-64)50-74(71)78(70-28-15-25-55-20-11-12-26-67(55)70)72-43-40-65(49-73(72)77)80(61-35-30-51-16-3-7-21-56(51)44-61)62-36-31-52-17-4-8-22-57(52)45-62/h3-38,40-50,66H,39H2,1-2H3. The number of benzene rings is 14. The van der Waals surface area contributed by atoms with E-state index < -0.39 is 0 Å². The van der Waals surface area contributed by atoms with E-state index in [1.165, 1.54) is 131 Å². The van der Waals surface area contributed by atoms with Crippen LogP contribution in [0.3, 0.4) is 0 Å². The quantitative estimate of drug-likeness (QED) is 0.150. The number of anilines is 5. The van der Waals surface area contributed by atoms with E-state index in [0.29, 0.717) is 0 Å². The van der Waals surface area contributed by atoms with Crippen molar-refractivity contribution in [1.82, 2.24) is 0 Å². The van der Waals surface area contributed by atoms with Gasteiger partial charge < -0.3 is 9.80 Å². The average molecular weight is 1030 g/mol. The zero-order valence-electron chi connectivity index (χ0n) is 45.3. The van der Waals surface area contributed by atoms with Crippen LogP contribution in [0.4, 0.5) is 28.4 Å². The van der Waals surface area contributed by atoms with Gasteiger partial charge in [-0.3, -0.25) is 0 Å². The summed E-state index contributed by atoms with van der Waals surface area (Å²) in [7, 11) is 0. The smallest absolute Gasteiger partial charge is 0.0566 e. The Morgan fingerprint density at radius 3 is 1.41 bits per heavy atom. The van der Waals surface area contributed by atoms with E-state index in [1.54, 1.807) is 0 Å². The predicted molar refractivity (Wildman–Crippen MR) is 346 cm³/mol. The number of hydrogen-bond donors (Lipinski definition) is 0. The molecule has 0 bridgehead atoms. The Morgan fingerprint density at radius 1 is 0.321 bits per heavy atom. The minimum absolute atomic E-state index is 0.0251. The fraction of sp³-hybridized carbons (Fsp3) is 0.0633. The van der Waals surface area contributed by atoms with Crippen molar-refractivity contribution in [1.29, 1.82) is 0 Å². The fourth-order valence-electron chi connectivity index (χ4n) is 13.9. The highest BCUT2D eigenvalue weighted by Crippen LogP contribution is 2.51. The summed E-state index contributed by atoms with van der Waals surface area (Å²) in [6.45, 7) is 4.81. The number of nitrogens with zero attached hydrogens (tertiary/aromatic N) is 2. The number of fused-ring (bicyclic) bond motifs is 10. The second-order valence-electron chi connectivity index (χ2n) is 22.8. The van der Waals surface area contributed by atoms with Gasteiger partial charge in [0.25, 0.3) is 0 Å². The molecule has 0 spiro atoms. The van der Waals surface area contributed by atoms with Gasteiger partial charge in [-0.1, -0.05) is 232 Å². The van der Waals surface area contributed by atoms with Crippen LogP contribution in [-0.4, -0.2) is 6.04 Å². The van der Waals surface area contributed by atoms with Gasteiger partial charge in [0.05, 0.1) is 6.04 Å². The maximum Gasteiger partial charge on any atom is 0.0566 e. The molecule has 0 amide bonds. The molecule has 0 fully saturated rings. The molecule has 14 aromatic rings. The van der Waals surface area contributed by atoms with E-state index in [0.717, 1.165) is 23.5 Å². The van der Waals surface area contributed by atoms with Crippen molar-refractivity contribution in [2.24, 2.45) is 0 Å². The topological polar surface area (TPSA) is 6.48 Å². The number of hydrogen-bond acceptors (Lipinski definition) is 2. The van der Waals surface area contributed by atoms with Gasteiger partial charge in [0.15, 0.2) is 0 Å². The van der Waals surface area contributed by atoms with Gasteiger partial charge in [0, 0.05) is 33.9 Å². The maximum absolute atomic E-state index is 2.62. The summed E-state index contributed by atoms with van der Waals surface area (Å²) in [5.41, 5.74) is 15.8. The Kier molecular flexibility index (Phi) is 10.8. The molecule has 2 nitrogen and oxygen atoms in total. The van der Waals surface area contributed by atoms with E-state index in [4.69, 9.17) is 0 Å². The van der Waals surface area contributed by atoms with Crippen molar-refractivity contribution in [3.63, 3.8) is 0 Å². The molecule has 14 aromatic carbocycles. The van der Waals surface area contributed by atoms with Crippen molar-refractivity contribution in [3.8, 4) is 33.4 Å². The second-order valence-corrected chi connectivity index (χ2v) is 22.8. The second kappa shape index (κ2) is 18.5. The van der Waals surface area contributed by atoms with E-state index in [-0.39, 0.29) is 11.5 Å². The van der Waals surface area contributed by atoms with Crippen molar-refractivity contribution >= 4 is 105 Å². The lowest BCUT2D eigenvalue weighted by molar-refractivity contribution is 0.660. The Morgan fingerprint density at radius 2 is 0.790 bits per heavy atom. The lowest BCUT2D eigenvalue weighted by Crippen LogP contribution is -2.40. The zero-order valence-corrected chi connectivity index (χ0v) is 45.3. The molecule has 16 rings (SSSR count). The molecule has 0 heterocycles. The molecule has 0 N–H and O–H groups in total. The highest BCUT2D eigenvalue weighted by molar-refractivity contribution is 6.12. The predicted octanol–water partition coefficient (Wildman–Crippen LogP) is 19.9. The molecule has 1 atom stereocenters. The molecular formula is C79H56N2. The summed E-state index contributed by atoms with van der Waals surface area (Å²) in [5.74, 6) is 0. The molecule has 382 valence electrons. The highest BCUT2D eigenvalue weighted by atomic mass is 15.2. The van der Waals surface area contributed by atoms with E-state index in [1.807, 2.05) is 0 Å². The molecule has 1 unspecified atom stereocenters. The maximum atomic E-state index is 2.62. The zero-order chi connectivity index (χ0) is 53.8. The summed E-state index contributed by atoms with van der Waals surface area (Å²) in [4.78, 5) is 5.07. The summed E-state index contributed by atoms with van der Waals surface area (Å²) in [6.07, 6.45) is 6.00. The molecule has 2 heteroatoms.